The number of fused-ring (bicyclic) bond motifs is 11. The molecule has 6 aliphatic rings. The lowest BCUT2D eigenvalue weighted by molar-refractivity contribution is -0.147. The van der Waals surface area contributed by atoms with E-state index in [4.69, 9.17) is 19.2 Å². The summed E-state index contributed by atoms with van der Waals surface area (Å²) in [5.74, 6) is -0.842. The standard InChI is InChI=1S/C42H44N4O5/c1-5-24-19-45-15-14-27-26-10-6-8-12-34(26)43-39(27)36(45)17-29(24)31(41(47)49-3)16-25-20-46-21-32-23(2)51-22-33(42(48)50-4)30(32)18-37(46)40-38(25)28-11-7-9-13-35(28)44-40/h5-13,20,22-23,29-32,36,43H,14-19,21H2,1-4H3. The minimum atomic E-state index is -0.379. The first kappa shape index (κ1) is 32.0. The zero-order valence-electron chi connectivity index (χ0n) is 29.6. The van der Waals surface area contributed by atoms with Gasteiger partial charge in [-0.15, -0.1) is 0 Å². The Morgan fingerprint density at radius 3 is 2.71 bits per heavy atom. The van der Waals surface area contributed by atoms with Gasteiger partial charge < -0.3 is 23.8 Å². The van der Waals surface area contributed by atoms with Crippen LogP contribution in [-0.2, 0) is 49.6 Å². The summed E-state index contributed by atoms with van der Waals surface area (Å²) < 4.78 is 19.1. The van der Waals surface area contributed by atoms with Gasteiger partial charge >= 0.3 is 11.9 Å². The zero-order chi connectivity index (χ0) is 35.0. The van der Waals surface area contributed by atoms with Crippen molar-refractivity contribution in [3.05, 3.63) is 101 Å². The van der Waals surface area contributed by atoms with Crippen molar-refractivity contribution in [3.8, 4) is 11.3 Å². The summed E-state index contributed by atoms with van der Waals surface area (Å²) in [5, 5.41) is 2.39. The molecule has 6 unspecified atom stereocenters. The van der Waals surface area contributed by atoms with Crippen molar-refractivity contribution in [2.24, 2.45) is 23.7 Å². The summed E-state index contributed by atoms with van der Waals surface area (Å²) >= 11 is 0. The van der Waals surface area contributed by atoms with Gasteiger partial charge in [0.1, 0.15) is 6.10 Å². The van der Waals surface area contributed by atoms with E-state index in [1.807, 2.05) is 6.07 Å². The van der Waals surface area contributed by atoms with Crippen LogP contribution in [0.5, 0.6) is 0 Å². The number of rotatable bonds is 5. The zero-order valence-corrected chi connectivity index (χ0v) is 29.6. The average molecular weight is 685 g/mol. The highest BCUT2D eigenvalue weighted by Gasteiger charge is 2.45. The van der Waals surface area contributed by atoms with E-state index in [1.54, 1.807) is 6.26 Å². The van der Waals surface area contributed by atoms with Crippen LogP contribution in [0.4, 0.5) is 0 Å². The molecule has 9 rings (SSSR count). The SMILES string of the molecule is CC=C1CN2CCc3c([nH]c4ccccc34)C2CC1C(Cc1cn2c(c3nc4ccccc4c1-3)CC1C(C(=O)OC)=COC(C)C1C2)C(=O)OC. The molecule has 6 atom stereocenters. The topological polar surface area (TPSA) is 98.7 Å². The maximum absolute atomic E-state index is 14.0. The van der Waals surface area contributed by atoms with Gasteiger partial charge in [0.2, 0.25) is 0 Å². The number of pyridine rings is 1. The van der Waals surface area contributed by atoms with Crippen LogP contribution in [-0.4, -0.2) is 64.8 Å². The number of aromatic nitrogens is 3. The largest absolute Gasteiger partial charge is 0.497 e. The Bertz CT molecular complexity index is 2230. The molecule has 51 heavy (non-hydrogen) atoms. The molecule has 1 aromatic heterocycles. The monoisotopic (exact) mass is 684 g/mol. The van der Waals surface area contributed by atoms with Gasteiger partial charge in [-0.25, -0.2) is 9.78 Å². The lowest BCUT2D eigenvalue weighted by Gasteiger charge is -2.45. The first-order valence-corrected chi connectivity index (χ1v) is 18.3. The normalized spacial score (nSPS) is 25.8. The van der Waals surface area contributed by atoms with Crippen molar-refractivity contribution >= 4 is 33.7 Å². The highest BCUT2D eigenvalue weighted by Crippen LogP contribution is 2.48. The van der Waals surface area contributed by atoms with Crippen LogP contribution >= 0.6 is 0 Å². The average Bonchev–Trinajstić information content (AvgIpc) is 3.75. The fraction of sp³-hybridized carbons (Fsp3) is 0.405. The smallest absolute Gasteiger partial charge is 0.337 e. The van der Waals surface area contributed by atoms with Crippen LogP contribution < -0.4 is 0 Å². The Morgan fingerprint density at radius 1 is 1.10 bits per heavy atom. The first-order valence-electron chi connectivity index (χ1n) is 18.3. The van der Waals surface area contributed by atoms with Crippen LogP contribution in [0.15, 0.2) is 78.2 Å². The molecule has 0 spiro atoms. The van der Waals surface area contributed by atoms with E-state index in [0.29, 0.717) is 25.0 Å². The Labute approximate surface area is 297 Å². The molecule has 262 valence electrons. The minimum Gasteiger partial charge on any atom is -0.497 e. The number of nitrogens with zero attached hydrogens (tertiary/aromatic N) is 3. The number of nitrogens with one attached hydrogen (secondary N) is 1. The number of esters is 2. The number of piperidine rings is 1. The molecule has 9 heteroatoms. The number of methoxy groups -OCH3 is 2. The Balaban J connectivity index is 1.14. The number of carbonyl (C=O) groups is 2. The van der Waals surface area contributed by atoms with Crippen LogP contribution in [0.3, 0.4) is 0 Å². The molecular formula is C42H44N4O5. The molecule has 0 amide bonds. The van der Waals surface area contributed by atoms with Crippen molar-refractivity contribution in [2.45, 2.75) is 58.2 Å². The van der Waals surface area contributed by atoms with E-state index < -0.39 is 0 Å². The van der Waals surface area contributed by atoms with E-state index in [-0.39, 0.29) is 47.8 Å². The summed E-state index contributed by atoms with van der Waals surface area (Å²) in [5.41, 5.74) is 10.9. The van der Waals surface area contributed by atoms with Gasteiger partial charge in [-0.05, 0) is 68.7 Å². The van der Waals surface area contributed by atoms with E-state index in [2.05, 4.69) is 83.0 Å². The maximum atomic E-state index is 14.0. The van der Waals surface area contributed by atoms with Gasteiger partial charge in [0.05, 0.1) is 49.2 Å². The molecule has 6 aliphatic heterocycles. The fourth-order valence-electron chi connectivity index (χ4n) is 9.91. The molecule has 7 heterocycles. The first-order chi connectivity index (χ1) is 24.9. The number of para-hydroxylation sites is 2. The maximum Gasteiger partial charge on any atom is 0.337 e. The Hall–Kier alpha value is -4.89. The van der Waals surface area contributed by atoms with Crippen LogP contribution in [0.1, 0.15) is 48.8 Å². The summed E-state index contributed by atoms with van der Waals surface area (Å²) in [6, 6.07) is 17.1. The van der Waals surface area contributed by atoms with Crippen LogP contribution in [0, 0.1) is 23.7 Å². The number of benzene rings is 2. The third-order valence-electron chi connectivity index (χ3n) is 12.5. The highest BCUT2D eigenvalue weighted by molar-refractivity contribution is 6.00. The number of ether oxygens (including phenoxy) is 3. The van der Waals surface area contributed by atoms with E-state index in [0.717, 1.165) is 59.3 Å². The number of H-pyrrole nitrogens is 1. The number of carbonyl (C=O) groups excluding carboxylic acids is 2. The van der Waals surface area contributed by atoms with Gasteiger partial charge in [0.15, 0.2) is 0 Å². The summed E-state index contributed by atoms with van der Waals surface area (Å²) in [6.07, 6.45) is 9.04. The number of hydrogen-bond acceptors (Lipinski definition) is 7. The number of aromatic amines is 1. The quantitative estimate of drug-likeness (QED) is 0.161. The van der Waals surface area contributed by atoms with E-state index in [9.17, 15) is 9.59 Å². The molecule has 3 aromatic rings. The van der Waals surface area contributed by atoms with Crippen LogP contribution in [0.2, 0.25) is 0 Å². The van der Waals surface area contributed by atoms with E-state index in [1.165, 1.54) is 42.0 Å². The fourth-order valence-corrected chi connectivity index (χ4v) is 9.91. The van der Waals surface area contributed by atoms with Gasteiger partial charge in [-0.3, -0.25) is 9.69 Å². The predicted octanol–water partition coefficient (Wildman–Crippen LogP) is 6.78. The molecule has 0 radical (unpaired) electrons. The van der Waals surface area contributed by atoms with Crippen molar-refractivity contribution in [1.29, 1.82) is 0 Å². The second-order valence-electron chi connectivity index (χ2n) is 14.8. The van der Waals surface area contributed by atoms with Crippen molar-refractivity contribution < 1.29 is 23.8 Å². The van der Waals surface area contributed by atoms with Crippen molar-refractivity contribution in [1.82, 2.24) is 19.4 Å². The molecule has 0 saturated carbocycles. The van der Waals surface area contributed by atoms with Crippen molar-refractivity contribution in [3.63, 3.8) is 0 Å². The van der Waals surface area contributed by atoms with Gasteiger partial charge in [-0.1, -0.05) is 48.0 Å². The lowest BCUT2D eigenvalue weighted by atomic mass is 9.72. The van der Waals surface area contributed by atoms with E-state index >= 15 is 0 Å². The minimum absolute atomic E-state index is 0.00947. The highest BCUT2D eigenvalue weighted by atomic mass is 16.5. The molecule has 9 nitrogen and oxygen atoms in total. The second-order valence-corrected chi connectivity index (χ2v) is 14.8. The Morgan fingerprint density at radius 2 is 1.90 bits per heavy atom. The molecular weight excluding hydrogens is 640 g/mol. The van der Waals surface area contributed by atoms with Gasteiger partial charge in [0, 0.05) is 70.9 Å². The molecule has 2 aromatic carbocycles. The third-order valence-corrected chi connectivity index (χ3v) is 12.5. The molecule has 0 bridgehead atoms. The lowest BCUT2D eigenvalue weighted by Crippen LogP contribution is -2.45. The van der Waals surface area contributed by atoms with Crippen LogP contribution in [0.25, 0.3) is 33.1 Å². The molecule has 0 aliphatic carbocycles. The molecule has 1 saturated heterocycles. The van der Waals surface area contributed by atoms with Gasteiger partial charge in [0.25, 0.3) is 0 Å². The third kappa shape index (κ3) is 5.03. The molecule has 1 fully saturated rings. The summed E-state index contributed by atoms with van der Waals surface area (Å²) in [4.78, 5) is 38.5. The number of hydrogen-bond donors (Lipinski definition) is 1. The summed E-state index contributed by atoms with van der Waals surface area (Å²) in [6.45, 7) is 6.69. The molecule has 1 N–H and O–H groups in total. The predicted molar refractivity (Wildman–Crippen MR) is 195 cm³/mol. The van der Waals surface area contributed by atoms with Gasteiger partial charge in [-0.2, -0.15) is 0 Å². The Kier molecular flexibility index (Phi) is 7.80. The van der Waals surface area contributed by atoms with Crippen molar-refractivity contribution in [2.75, 3.05) is 27.3 Å². The summed E-state index contributed by atoms with van der Waals surface area (Å²) in [7, 11) is 2.94. The second kappa shape index (κ2) is 12.4. The number of allylic oxidation sites excluding steroid dienone is 1.